The van der Waals surface area contributed by atoms with E-state index in [4.69, 9.17) is 5.73 Å². The summed E-state index contributed by atoms with van der Waals surface area (Å²) in [6.45, 7) is 2.29. The third-order valence-electron chi connectivity index (χ3n) is 4.96. The summed E-state index contributed by atoms with van der Waals surface area (Å²) in [7, 11) is 0. The maximum absolute atomic E-state index is 12.4. The van der Waals surface area contributed by atoms with E-state index < -0.39 is 12.7 Å². The van der Waals surface area contributed by atoms with Gasteiger partial charge in [0.2, 0.25) is 0 Å². The number of piperazine rings is 1. The minimum Gasteiger partial charge on any atom is -0.329 e. The van der Waals surface area contributed by atoms with Gasteiger partial charge in [0.1, 0.15) is 0 Å². The van der Waals surface area contributed by atoms with Gasteiger partial charge in [-0.2, -0.15) is 13.2 Å². The van der Waals surface area contributed by atoms with Gasteiger partial charge in [0, 0.05) is 38.8 Å². The quantitative estimate of drug-likeness (QED) is 0.810. The highest BCUT2D eigenvalue weighted by atomic mass is 19.4. The van der Waals surface area contributed by atoms with E-state index in [0.29, 0.717) is 44.7 Å². The van der Waals surface area contributed by atoms with Crippen LogP contribution >= 0.6 is 0 Å². The van der Waals surface area contributed by atoms with E-state index in [0.717, 1.165) is 0 Å². The average Bonchev–Trinajstić information content (AvgIpc) is 2.69. The zero-order chi connectivity index (χ0) is 15.3. The van der Waals surface area contributed by atoms with E-state index in [1.54, 1.807) is 0 Å². The van der Waals surface area contributed by atoms with Crippen LogP contribution in [-0.4, -0.2) is 61.3 Å². The molecule has 124 valence electrons. The smallest absolute Gasteiger partial charge is 0.329 e. The summed E-state index contributed by atoms with van der Waals surface area (Å²) in [6, 6.07) is 0.358. The second-order valence-electron chi connectivity index (χ2n) is 6.48. The Morgan fingerprint density at radius 3 is 2.00 bits per heavy atom. The molecule has 0 aromatic heterocycles. The van der Waals surface area contributed by atoms with Crippen LogP contribution < -0.4 is 5.73 Å². The lowest BCUT2D eigenvalue weighted by Gasteiger charge is -2.42. The van der Waals surface area contributed by atoms with Gasteiger partial charge >= 0.3 is 6.18 Å². The Morgan fingerprint density at radius 2 is 1.52 bits per heavy atom. The molecule has 3 nitrogen and oxygen atoms in total. The number of rotatable bonds is 4. The van der Waals surface area contributed by atoms with Crippen LogP contribution in [0.3, 0.4) is 0 Å². The van der Waals surface area contributed by atoms with Crippen LogP contribution in [0.5, 0.6) is 0 Å². The van der Waals surface area contributed by atoms with Crippen LogP contribution in [0.1, 0.15) is 38.5 Å². The molecule has 21 heavy (non-hydrogen) atoms. The third-order valence-corrected chi connectivity index (χ3v) is 4.96. The fourth-order valence-electron chi connectivity index (χ4n) is 3.84. The van der Waals surface area contributed by atoms with Gasteiger partial charge in [0.05, 0.1) is 6.54 Å². The summed E-state index contributed by atoms with van der Waals surface area (Å²) in [4.78, 5) is 3.85. The zero-order valence-electron chi connectivity index (χ0n) is 12.7. The van der Waals surface area contributed by atoms with Crippen molar-refractivity contribution in [2.75, 3.05) is 39.3 Å². The summed E-state index contributed by atoms with van der Waals surface area (Å²) in [5, 5.41) is 0. The lowest BCUT2D eigenvalue weighted by atomic mass is 9.90. The van der Waals surface area contributed by atoms with Crippen molar-refractivity contribution < 1.29 is 13.2 Å². The van der Waals surface area contributed by atoms with E-state index in [-0.39, 0.29) is 0 Å². The van der Waals surface area contributed by atoms with Crippen LogP contribution in [0.2, 0.25) is 0 Å². The molecule has 2 rings (SSSR count). The minimum atomic E-state index is -4.09. The monoisotopic (exact) mass is 307 g/mol. The molecule has 2 aliphatic rings. The van der Waals surface area contributed by atoms with Gasteiger partial charge in [0.15, 0.2) is 0 Å². The fourth-order valence-corrected chi connectivity index (χ4v) is 3.84. The molecule has 0 radical (unpaired) electrons. The van der Waals surface area contributed by atoms with Crippen molar-refractivity contribution in [3.8, 4) is 0 Å². The van der Waals surface area contributed by atoms with Gasteiger partial charge in [-0.1, -0.05) is 25.7 Å². The van der Waals surface area contributed by atoms with Crippen LogP contribution in [0.4, 0.5) is 13.2 Å². The number of alkyl halides is 3. The fraction of sp³-hybridized carbons (Fsp3) is 1.00. The molecule has 6 heteroatoms. The molecule has 0 aromatic rings. The Hall–Kier alpha value is -0.330. The van der Waals surface area contributed by atoms with Crippen LogP contribution in [0.15, 0.2) is 0 Å². The van der Waals surface area contributed by atoms with E-state index in [9.17, 15) is 13.2 Å². The van der Waals surface area contributed by atoms with Crippen molar-refractivity contribution in [1.82, 2.24) is 9.80 Å². The standard InChI is InChI=1S/C15H28F3N3/c16-15(17,18)12-20-7-9-21(10-8-20)14(11-19)13-5-3-1-2-4-6-13/h13-14H,1-12,19H2. The highest BCUT2D eigenvalue weighted by Gasteiger charge is 2.34. The molecule has 0 bridgehead atoms. The molecule has 0 amide bonds. The molecule has 0 aromatic carbocycles. The highest BCUT2D eigenvalue weighted by molar-refractivity contribution is 4.85. The maximum Gasteiger partial charge on any atom is 0.401 e. The number of nitrogens with two attached hydrogens (primary N) is 1. The first-order chi connectivity index (χ1) is 9.99. The number of hydrogen-bond acceptors (Lipinski definition) is 3. The Balaban J connectivity index is 1.83. The Morgan fingerprint density at radius 1 is 0.952 bits per heavy atom. The first-order valence-corrected chi connectivity index (χ1v) is 8.23. The van der Waals surface area contributed by atoms with Gasteiger partial charge in [-0.25, -0.2) is 0 Å². The molecule has 1 aliphatic carbocycles. The van der Waals surface area contributed by atoms with Gasteiger partial charge in [-0.05, 0) is 18.8 Å². The maximum atomic E-state index is 12.4. The molecule has 2 fully saturated rings. The van der Waals surface area contributed by atoms with Gasteiger partial charge in [0.25, 0.3) is 0 Å². The van der Waals surface area contributed by atoms with Crippen LogP contribution in [0.25, 0.3) is 0 Å². The van der Waals surface area contributed by atoms with E-state index >= 15 is 0 Å². The van der Waals surface area contributed by atoms with E-state index in [2.05, 4.69) is 4.90 Å². The molecular weight excluding hydrogens is 279 g/mol. The lowest BCUT2D eigenvalue weighted by Crippen LogP contribution is -2.55. The lowest BCUT2D eigenvalue weighted by molar-refractivity contribution is -0.150. The largest absolute Gasteiger partial charge is 0.401 e. The Bertz CT molecular complexity index is 293. The van der Waals surface area contributed by atoms with Crippen molar-refractivity contribution in [1.29, 1.82) is 0 Å². The van der Waals surface area contributed by atoms with Crippen molar-refractivity contribution in [2.24, 2.45) is 11.7 Å². The van der Waals surface area contributed by atoms with Crippen molar-refractivity contribution >= 4 is 0 Å². The molecular formula is C15H28F3N3. The minimum absolute atomic E-state index is 0.358. The summed E-state index contributed by atoms with van der Waals surface area (Å²) in [5.74, 6) is 0.631. The summed E-state index contributed by atoms with van der Waals surface area (Å²) < 4.78 is 37.3. The molecule has 0 spiro atoms. The van der Waals surface area contributed by atoms with Gasteiger partial charge in [-0.15, -0.1) is 0 Å². The highest BCUT2D eigenvalue weighted by Crippen LogP contribution is 2.28. The number of nitrogens with zero attached hydrogens (tertiary/aromatic N) is 2. The molecule has 2 N–H and O–H groups in total. The Labute approximate surface area is 125 Å². The van der Waals surface area contributed by atoms with E-state index in [1.165, 1.54) is 43.4 Å². The van der Waals surface area contributed by atoms with Gasteiger partial charge in [-0.3, -0.25) is 9.80 Å². The molecule has 1 unspecified atom stereocenters. The first-order valence-electron chi connectivity index (χ1n) is 8.23. The van der Waals surface area contributed by atoms with Gasteiger partial charge < -0.3 is 5.73 Å². The third kappa shape index (κ3) is 5.42. The normalized spacial score (nSPS) is 25.7. The van der Waals surface area contributed by atoms with Crippen molar-refractivity contribution in [2.45, 2.75) is 50.7 Å². The molecule has 1 saturated heterocycles. The second-order valence-corrected chi connectivity index (χ2v) is 6.48. The summed E-state index contributed by atoms with van der Waals surface area (Å²) in [5.41, 5.74) is 5.99. The Kier molecular flexibility index (Phi) is 6.32. The summed E-state index contributed by atoms with van der Waals surface area (Å²) >= 11 is 0. The molecule has 1 atom stereocenters. The second kappa shape index (κ2) is 7.79. The SMILES string of the molecule is NCC(C1CCCCCC1)N1CCN(CC(F)(F)F)CC1. The van der Waals surface area contributed by atoms with E-state index in [1.807, 2.05) is 0 Å². The molecule has 1 aliphatic heterocycles. The van der Waals surface area contributed by atoms with Crippen molar-refractivity contribution in [3.63, 3.8) is 0 Å². The average molecular weight is 307 g/mol. The van der Waals surface area contributed by atoms with Crippen molar-refractivity contribution in [3.05, 3.63) is 0 Å². The van der Waals surface area contributed by atoms with Crippen LogP contribution in [-0.2, 0) is 0 Å². The molecule has 1 heterocycles. The summed E-state index contributed by atoms with van der Waals surface area (Å²) in [6.07, 6.45) is 3.54. The predicted octanol–water partition coefficient (Wildman–Crippen LogP) is 2.46. The topological polar surface area (TPSA) is 32.5 Å². The zero-order valence-corrected chi connectivity index (χ0v) is 12.7. The predicted molar refractivity (Wildman–Crippen MR) is 78.1 cm³/mol. The first kappa shape index (κ1) is 17.0. The number of hydrogen-bond donors (Lipinski definition) is 1. The number of halogens is 3. The van der Waals surface area contributed by atoms with Crippen LogP contribution in [0, 0.1) is 5.92 Å². The molecule has 1 saturated carbocycles.